The van der Waals surface area contributed by atoms with Gasteiger partial charge < -0.3 is 15.7 Å². The molecular weight excluding hydrogens is 268 g/mol. The van der Waals surface area contributed by atoms with Crippen molar-refractivity contribution in [2.24, 2.45) is 10.9 Å². The third-order valence-corrected chi connectivity index (χ3v) is 2.61. The summed E-state index contributed by atoms with van der Waals surface area (Å²) in [6.07, 6.45) is 3.27. The molecule has 0 fully saturated rings. The van der Waals surface area contributed by atoms with Crippen molar-refractivity contribution < 1.29 is 9.94 Å². The van der Waals surface area contributed by atoms with Crippen LogP contribution in [0.15, 0.2) is 41.8 Å². The van der Waals surface area contributed by atoms with E-state index in [-0.39, 0.29) is 12.4 Å². The number of rotatable bonds is 4. The lowest BCUT2D eigenvalue weighted by Gasteiger charge is -2.08. The maximum atomic E-state index is 8.57. The van der Waals surface area contributed by atoms with Gasteiger partial charge in [-0.25, -0.2) is 9.97 Å². The maximum absolute atomic E-state index is 8.57. The minimum Gasteiger partial charge on any atom is -0.484 e. The Labute approximate surface area is 114 Å². The molecule has 0 unspecified atom stereocenters. The molecule has 2 aromatic rings. The smallest absolute Gasteiger partial charge is 0.170 e. The predicted octanol–water partition coefficient (Wildman–Crippen LogP) is 1.80. The van der Waals surface area contributed by atoms with E-state index in [1.165, 1.54) is 0 Å². The number of aromatic nitrogens is 2. The van der Waals surface area contributed by atoms with Gasteiger partial charge in [0.1, 0.15) is 12.4 Å². The van der Waals surface area contributed by atoms with Gasteiger partial charge in [0.2, 0.25) is 0 Å². The van der Waals surface area contributed by atoms with Crippen LogP contribution in [0.4, 0.5) is 0 Å². The summed E-state index contributed by atoms with van der Waals surface area (Å²) in [5.74, 6) is 1.02. The largest absolute Gasteiger partial charge is 0.484 e. The Morgan fingerprint density at radius 2 is 2.11 bits per heavy atom. The summed E-state index contributed by atoms with van der Waals surface area (Å²) in [6.45, 7) is 0.212. The molecule has 1 aromatic heterocycles. The summed E-state index contributed by atoms with van der Waals surface area (Å²) in [4.78, 5) is 8.06. The molecule has 0 aliphatic rings. The van der Waals surface area contributed by atoms with Crippen LogP contribution >= 0.6 is 11.6 Å². The zero-order valence-corrected chi connectivity index (χ0v) is 10.6. The van der Waals surface area contributed by atoms with Crippen molar-refractivity contribution in [1.29, 1.82) is 0 Å². The van der Waals surface area contributed by atoms with Crippen LogP contribution in [0.5, 0.6) is 5.75 Å². The van der Waals surface area contributed by atoms with Gasteiger partial charge in [0.15, 0.2) is 11.7 Å². The van der Waals surface area contributed by atoms with Crippen LogP contribution in [0.3, 0.4) is 0 Å². The summed E-state index contributed by atoms with van der Waals surface area (Å²) >= 11 is 6.04. The second-order valence-electron chi connectivity index (χ2n) is 3.58. The fourth-order valence-corrected chi connectivity index (χ4v) is 1.62. The van der Waals surface area contributed by atoms with Crippen LogP contribution in [0.1, 0.15) is 11.4 Å². The van der Waals surface area contributed by atoms with Gasteiger partial charge in [-0.3, -0.25) is 0 Å². The molecule has 0 radical (unpaired) electrons. The van der Waals surface area contributed by atoms with Crippen molar-refractivity contribution in [2.75, 3.05) is 0 Å². The molecule has 19 heavy (non-hydrogen) atoms. The van der Waals surface area contributed by atoms with E-state index in [0.29, 0.717) is 22.2 Å². The summed E-state index contributed by atoms with van der Waals surface area (Å²) < 4.78 is 5.49. The lowest BCUT2D eigenvalue weighted by atomic mass is 10.2. The van der Waals surface area contributed by atoms with Gasteiger partial charge in [-0.05, 0) is 24.3 Å². The molecule has 0 bridgehead atoms. The van der Waals surface area contributed by atoms with Crippen LogP contribution in [-0.4, -0.2) is 21.0 Å². The van der Waals surface area contributed by atoms with E-state index in [0.717, 1.165) is 0 Å². The average molecular weight is 279 g/mol. The number of halogens is 1. The first-order valence-electron chi connectivity index (χ1n) is 5.37. The van der Waals surface area contributed by atoms with Crippen LogP contribution < -0.4 is 10.5 Å². The Kier molecular flexibility index (Phi) is 4.15. The molecule has 0 amide bonds. The minimum atomic E-state index is -0.0140. The molecule has 0 aliphatic heterocycles. The van der Waals surface area contributed by atoms with Crippen LogP contribution in [0.2, 0.25) is 5.02 Å². The highest BCUT2D eigenvalue weighted by Crippen LogP contribution is 2.25. The molecule has 1 aromatic carbocycles. The fourth-order valence-electron chi connectivity index (χ4n) is 1.38. The van der Waals surface area contributed by atoms with E-state index in [4.69, 9.17) is 27.3 Å². The standard InChI is InChI=1S/C12H11ClN4O2/c13-9-6-8(12(14)17-18)2-3-10(9)19-7-11-15-4-1-5-16-11/h1-6,18H,7H2,(H2,14,17). The zero-order chi connectivity index (χ0) is 13.7. The Balaban J connectivity index is 2.10. The lowest BCUT2D eigenvalue weighted by Crippen LogP contribution is -2.13. The van der Waals surface area contributed by atoms with Crippen LogP contribution in [0, 0.1) is 0 Å². The summed E-state index contributed by atoms with van der Waals surface area (Å²) in [5, 5.41) is 11.8. The van der Waals surface area contributed by atoms with Crippen LogP contribution in [-0.2, 0) is 6.61 Å². The molecule has 1 heterocycles. The number of hydrogen-bond acceptors (Lipinski definition) is 5. The monoisotopic (exact) mass is 278 g/mol. The Morgan fingerprint density at radius 3 is 2.74 bits per heavy atom. The third kappa shape index (κ3) is 3.32. The van der Waals surface area contributed by atoms with Crippen molar-refractivity contribution in [2.45, 2.75) is 6.61 Å². The van der Waals surface area contributed by atoms with Gasteiger partial charge in [0.05, 0.1) is 5.02 Å². The molecule has 2 rings (SSSR count). The SMILES string of the molecule is NC(=NO)c1ccc(OCc2ncccn2)c(Cl)c1. The first-order chi connectivity index (χ1) is 9.20. The Bertz CT molecular complexity index is 590. The molecule has 6 nitrogen and oxygen atoms in total. The third-order valence-electron chi connectivity index (χ3n) is 2.31. The van der Waals surface area contributed by atoms with Gasteiger partial charge in [-0.2, -0.15) is 0 Å². The van der Waals surface area contributed by atoms with E-state index in [1.54, 1.807) is 36.7 Å². The molecule has 3 N–H and O–H groups in total. The quantitative estimate of drug-likeness (QED) is 0.385. The number of hydrogen-bond donors (Lipinski definition) is 2. The molecule has 0 atom stereocenters. The summed E-state index contributed by atoms with van der Waals surface area (Å²) in [6, 6.07) is 6.56. The van der Waals surface area contributed by atoms with Crippen molar-refractivity contribution in [3.8, 4) is 5.75 Å². The lowest BCUT2D eigenvalue weighted by molar-refractivity contribution is 0.296. The Hall–Kier alpha value is -2.34. The highest BCUT2D eigenvalue weighted by molar-refractivity contribution is 6.32. The van der Waals surface area contributed by atoms with Gasteiger partial charge in [0.25, 0.3) is 0 Å². The average Bonchev–Trinajstić information content (AvgIpc) is 2.46. The van der Waals surface area contributed by atoms with Crippen molar-refractivity contribution in [3.63, 3.8) is 0 Å². The molecule has 0 aliphatic carbocycles. The minimum absolute atomic E-state index is 0.0140. The molecule has 98 valence electrons. The first kappa shape index (κ1) is 13.1. The Morgan fingerprint density at radius 1 is 1.37 bits per heavy atom. The normalized spacial score (nSPS) is 11.3. The topological polar surface area (TPSA) is 93.6 Å². The zero-order valence-electron chi connectivity index (χ0n) is 9.82. The molecule has 0 saturated heterocycles. The van der Waals surface area contributed by atoms with Gasteiger partial charge in [-0.15, -0.1) is 0 Å². The first-order valence-corrected chi connectivity index (χ1v) is 5.74. The van der Waals surface area contributed by atoms with E-state index >= 15 is 0 Å². The van der Waals surface area contributed by atoms with E-state index in [2.05, 4.69) is 15.1 Å². The van der Waals surface area contributed by atoms with Crippen molar-refractivity contribution in [1.82, 2.24) is 9.97 Å². The van der Waals surface area contributed by atoms with Gasteiger partial charge in [-0.1, -0.05) is 16.8 Å². The van der Waals surface area contributed by atoms with Crippen molar-refractivity contribution >= 4 is 17.4 Å². The van der Waals surface area contributed by atoms with E-state index in [9.17, 15) is 0 Å². The highest BCUT2D eigenvalue weighted by Gasteiger charge is 2.06. The van der Waals surface area contributed by atoms with E-state index in [1.807, 2.05) is 0 Å². The molecule has 7 heteroatoms. The number of nitrogens with two attached hydrogens (primary N) is 1. The second-order valence-corrected chi connectivity index (χ2v) is 3.99. The second kappa shape index (κ2) is 6.01. The summed E-state index contributed by atoms with van der Waals surface area (Å²) in [5.41, 5.74) is 5.97. The number of oxime groups is 1. The number of ether oxygens (including phenoxy) is 1. The predicted molar refractivity (Wildman–Crippen MR) is 70.3 cm³/mol. The summed E-state index contributed by atoms with van der Waals surface area (Å²) in [7, 11) is 0. The fraction of sp³-hybridized carbons (Fsp3) is 0.0833. The van der Waals surface area contributed by atoms with Gasteiger partial charge in [0, 0.05) is 18.0 Å². The molecule has 0 saturated carbocycles. The highest BCUT2D eigenvalue weighted by atomic mass is 35.5. The van der Waals surface area contributed by atoms with Crippen molar-refractivity contribution in [3.05, 3.63) is 53.1 Å². The number of amidine groups is 1. The number of nitrogens with zero attached hydrogens (tertiary/aromatic N) is 3. The maximum Gasteiger partial charge on any atom is 0.170 e. The molecular formula is C12H11ClN4O2. The van der Waals surface area contributed by atoms with Gasteiger partial charge >= 0.3 is 0 Å². The van der Waals surface area contributed by atoms with Crippen LogP contribution in [0.25, 0.3) is 0 Å². The van der Waals surface area contributed by atoms with E-state index < -0.39 is 0 Å². The molecule has 0 spiro atoms. The number of benzene rings is 1.